The first-order valence-electron chi connectivity index (χ1n) is 8.64. The molecule has 3 rings (SSSR count). The number of hydrogen-bond acceptors (Lipinski definition) is 4. The van der Waals surface area contributed by atoms with Gasteiger partial charge in [-0.2, -0.15) is 0 Å². The third-order valence-electron chi connectivity index (χ3n) is 4.17. The number of likely N-dealkylation sites (tertiary alicyclic amines) is 1. The molecule has 2 N–H and O–H groups in total. The van der Waals surface area contributed by atoms with Gasteiger partial charge in [-0.15, -0.1) is 0 Å². The van der Waals surface area contributed by atoms with Gasteiger partial charge < -0.3 is 20.0 Å². The Morgan fingerprint density at radius 2 is 1.88 bits per heavy atom. The normalized spacial score (nSPS) is 13.5. The highest BCUT2D eigenvalue weighted by Gasteiger charge is 2.19. The molecule has 0 saturated carbocycles. The molecular formula is C19H21N3O4. The van der Waals surface area contributed by atoms with Gasteiger partial charge in [0.15, 0.2) is 5.76 Å². The molecule has 7 nitrogen and oxygen atoms in total. The van der Waals surface area contributed by atoms with Crippen LogP contribution >= 0.6 is 0 Å². The molecule has 0 radical (unpaired) electrons. The summed E-state index contributed by atoms with van der Waals surface area (Å²) in [4.78, 5) is 38.0. The number of carbonyl (C=O) groups excluding carboxylic acids is 3. The smallest absolute Gasteiger partial charge is 0.286 e. The van der Waals surface area contributed by atoms with Crippen molar-refractivity contribution in [2.75, 3.05) is 25.0 Å². The van der Waals surface area contributed by atoms with Crippen molar-refractivity contribution in [3.05, 3.63) is 54.0 Å². The van der Waals surface area contributed by atoms with Crippen LogP contribution in [0.15, 0.2) is 47.1 Å². The lowest BCUT2D eigenvalue weighted by molar-refractivity contribution is -0.116. The number of benzene rings is 1. The largest absolute Gasteiger partial charge is 0.459 e. The molecule has 1 aromatic heterocycles. The second-order valence-corrected chi connectivity index (χ2v) is 6.11. The summed E-state index contributed by atoms with van der Waals surface area (Å²) in [7, 11) is 0. The van der Waals surface area contributed by atoms with E-state index in [9.17, 15) is 14.4 Å². The van der Waals surface area contributed by atoms with Crippen LogP contribution in [0.1, 0.15) is 40.2 Å². The number of furan rings is 1. The van der Waals surface area contributed by atoms with Crippen LogP contribution in [0.3, 0.4) is 0 Å². The molecule has 1 aromatic carbocycles. The molecule has 0 bridgehead atoms. The molecule has 1 fully saturated rings. The summed E-state index contributed by atoms with van der Waals surface area (Å²) in [6.45, 7) is 1.76. The Kier molecular flexibility index (Phi) is 5.68. The molecule has 0 spiro atoms. The molecule has 0 aliphatic carbocycles. The second-order valence-electron chi connectivity index (χ2n) is 6.11. The van der Waals surface area contributed by atoms with E-state index in [2.05, 4.69) is 10.6 Å². The van der Waals surface area contributed by atoms with E-state index in [1.54, 1.807) is 36.4 Å². The van der Waals surface area contributed by atoms with Crippen molar-refractivity contribution in [1.82, 2.24) is 10.2 Å². The number of hydrogen-bond donors (Lipinski definition) is 2. The van der Waals surface area contributed by atoms with Crippen molar-refractivity contribution in [2.24, 2.45) is 0 Å². The first-order valence-corrected chi connectivity index (χ1v) is 8.64. The first kappa shape index (κ1) is 17.7. The standard InChI is InChI=1S/C19H21N3O4/c23-17(8-9-20-18(24)16-7-4-12-26-16)21-15-6-3-5-14(13-15)19(25)22-10-1-2-11-22/h3-7,12-13H,1-2,8-11H2,(H,20,24)(H,21,23). The van der Waals surface area contributed by atoms with Gasteiger partial charge in [0.05, 0.1) is 6.26 Å². The fourth-order valence-corrected chi connectivity index (χ4v) is 2.84. The van der Waals surface area contributed by atoms with E-state index >= 15 is 0 Å². The van der Waals surface area contributed by atoms with Gasteiger partial charge in [0, 0.05) is 37.3 Å². The third-order valence-corrected chi connectivity index (χ3v) is 4.17. The third kappa shape index (κ3) is 4.50. The topological polar surface area (TPSA) is 91.6 Å². The zero-order chi connectivity index (χ0) is 18.4. The average molecular weight is 355 g/mol. The predicted molar refractivity (Wildman–Crippen MR) is 95.9 cm³/mol. The van der Waals surface area contributed by atoms with E-state index in [4.69, 9.17) is 4.42 Å². The van der Waals surface area contributed by atoms with Gasteiger partial charge in [0.2, 0.25) is 5.91 Å². The van der Waals surface area contributed by atoms with Gasteiger partial charge in [0.25, 0.3) is 11.8 Å². The summed E-state index contributed by atoms with van der Waals surface area (Å²) in [5.41, 5.74) is 1.13. The average Bonchev–Trinajstić information content (AvgIpc) is 3.35. The van der Waals surface area contributed by atoms with Crippen molar-refractivity contribution in [3.8, 4) is 0 Å². The van der Waals surface area contributed by atoms with Crippen LogP contribution in [0.5, 0.6) is 0 Å². The number of rotatable bonds is 6. The Bertz CT molecular complexity index is 780. The fraction of sp³-hybridized carbons (Fsp3) is 0.316. The molecule has 2 heterocycles. The van der Waals surface area contributed by atoms with Crippen molar-refractivity contribution in [2.45, 2.75) is 19.3 Å². The summed E-state index contributed by atoms with van der Waals surface area (Å²) in [5.74, 6) is -0.403. The van der Waals surface area contributed by atoms with E-state index in [0.29, 0.717) is 11.3 Å². The summed E-state index contributed by atoms with van der Waals surface area (Å²) in [6, 6.07) is 10.1. The molecule has 26 heavy (non-hydrogen) atoms. The summed E-state index contributed by atoms with van der Waals surface area (Å²) in [5, 5.41) is 5.37. The second kappa shape index (κ2) is 8.33. The molecule has 1 saturated heterocycles. The van der Waals surface area contributed by atoms with Crippen LogP contribution in [0.2, 0.25) is 0 Å². The molecule has 1 aliphatic rings. The number of nitrogens with zero attached hydrogens (tertiary/aromatic N) is 1. The summed E-state index contributed by atoms with van der Waals surface area (Å²) < 4.78 is 4.98. The predicted octanol–water partition coefficient (Wildman–Crippen LogP) is 2.27. The van der Waals surface area contributed by atoms with Crippen LogP contribution in [-0.2, 0) is 4.79 Å². The molecule has 1 aliphatic heterocycles. The Morgan fingerprint density at radius 3 is 2.62 bits per heavy atom. The Balaban J connectivity index is 1.48. The van der Waals surface area contributed by atoms with E-state index in [1.807, 2.05) is 4.90 Å². The van der Waals surface area contributed by atoms with Crippen molar-refractivity contribution >= 4 is 23.4 Å². The maximum absolute atomic E-state index is 12.4. The van der Waals surface area contributed by atoms with Crippen molar-refractivity contribution in [1.29, 1.82) is 0 Å². The quantitative estimate of drug-likeness (QED) is 0.831. The highest BCUT2D eigenvalue weighted by atomic mass is 16.3. The van der Waals surface area contributed by atoms with E-state index in [-0.39, 0.29) is 36.4 Å². The molecule has 3 amide bonds. The minimum atomic E-state index is -0.360. The highest BCUT2D eigenvalue weighted by molar-refractivity contribution is 5.97. The number of nitrogens with one attached hydrogen (secondary N) is 2. The lowest BCUT2D eigenvalue weighted by Crippen LogP contribution is -2.28. The van der Waals surface area contributed by atoms with Gasteiger partial charge in [-0.25, -0.2) is 0 Å². The van der Waals surface area contributed by atoms with Gasteiger partial charge in [-0.1, -0.05) is 6.07 Å². The number of anilines is 1. The number of amides is 3. The van der Waals surface area contributed by atoms with Crippen LogP contribution in [0.25, 0.3) is 0 Å². The van der Waals surface area contributed by atoms with Crippen LogP contribution in [0, 0.1) is 0 Å². The Labute approximate surface area is 151 Å². The molecule has 0 atom stereocenters. The zero-order valence-corrected chi connectivity index (χ0v) is 14.4. The van der Waals surface area contributed by atoms with E-state index in [0.717, 1.165) is 25.9 Å². The summed E-state index contributed by atoms with van der Waals surface area (Å²) in [6.07, 6.45) is 3.60. The fourth-order valence-electron chi connectivity index (χ4n) is 2.84. The van der Waals surface area contributed by atoms with Crippen molar-refractivity contribution in [3.63, 3.8) is 0 Å². The molecule has 7 heteroatoms. The maximum atomic E-state index is 12.4. The van der Waals surface area contributed by atoms with Crippen molar-refractivity contribution < 1.29 is 18.8 Å². The van der Waals surface area contributed by atoms with Gasteiger partial charge in [0.1, 0.15) is 0 Å². The molecular weight excluding hydrogens is 334 g/mol. The molecule has 2 aromatic rings. The van der Waals surface area contributed by atoms with Gasteiger partial charge >= 0.3 is 0 Å². The van der Waals surface area contributed by atoms with Crippen LogP contribution in [-0.4, -0.2) is 42.3 Å². The monoisotopic (exact) mass is 355 g/mol. The Hall–Kier alpha value is -3.09. The summed E-state index contributed by atoms with van der Waals surface area (Å²) >= 11 is 0. The number of carbonyl (C=O) groups is 3. The van der Waals surface area contributed by atoms with Crippen LogP contribution < -0.4 is 10.6 Å². The zero-order valence-electron chi connectivity index (χ0n) is 14.4. The van der Waals surface area contributed by atoms with Gasteiger partial charge in [-0.3, -0.25) is 14.4 Å². The minimum Gasteiger partial charge on any atom is -0.459 e. The van der Waals surface area contributed by atoms with Gasteiger partial charge in [-0.05, 0) is 43.2 Å². The SMILES string of the molecule is O=C(CCNC(=O)c1ccco1)Nc1cccc(C(=O)N2CCCC2)c1. The molecule has 136 valence electrons. The highest BCUT2D eigenvalue weighted by Crippen LogP contribution is 2.16. The van der Waals surface area contributed by atoms with E-state index < -0.39 is 0 Å². The van der Waals surface area contributed by atoms with Crippen LogP contribution in [0.4, 0.5) is 5.69 Å². The lowest BCUT2D eigenvalue weighted by atomic mass is 10.1. The lowest BCUT2D eigenvalue weighted by Gasteiger charge is -2.15. The maximum Gasteiger partial charge on any atom is 0.286 e. The minimum absolute atomic E-state index is 0.00990. The van der Waals surface area contributed by atoms with E-state index in [1.165, 1.54) is 6.26 Å². The Morgan fingerprint density at radius 1 is 1.08 bits per heavy atom. The molecule has 0 unspecified atom stereocenters. The first-order chi connectivity index (χ1) is 12.6.